The van der Waals surface area contributed by atoms with Crippen molar-refractivity contribution in [2.75, 3.05) is 33.7 Å². The van der Waals surface area contributed by atoms with E-state index >= 15 is 0 Å². The lowest BCUT2D eigenvalue weighted by molar-refractivity contribution is -0.138. The number of carbonyl (C=O) groups is 2. The average molecular weight is 273 g/mol. The van der Waals surface area contributed by atoms with Gasteiger partial charge in [0.15, 0.2) is 0 Å². The average Bonchev–Trinajstić information content (AvgIpc) is 2.31. The number of nitrogens with one attached hydrogen (secondary N) is 2. The van der Waals surface area contributed by atoms with Crippen molar-refractivity contribution >= 4 is 12.0 Å². The second-order valence-electron chi connectivity index (χ2n) is 5.30. The lowest BCUT2D eigenvalue weighted by atomic mass is 9.94. The number of carboxylic acid groups (broad SMARTS) is 1. The number of likely N-dealkylation sites (N-methyl/N-ethyl adjacent to an activating group) is 2. The Labute approximate surface area is 115 Å². The van der Waals surface area contributed by atoms with Crippen molar-refractivity contribution < 1.29 is 14.7 Å². The summed E-state index contributed by atoms with van der Waals surface area (Å²) in [6.45, 7) is 5.86. The standard InChI is InChI=1S/C13H27N3O3/c1-10(2)7-11(8-12(17)18)9-15-13(19)16(4)6-5-14-3/h10-11,14H,5-9H2,1-4H3,(H,15,19)(H,17,18). The summed E-state index contributed by atoms with van der Waals surface area (Å²) < 4.78 is 0. The van der Waals surface area contributed by atoms with Gasteiger partial charge in [-0.1, -0.05) is 13.8 Å². The molecule has 0 aromatic rings. The number of urea groups is 1. The van der Waals surface area contributed by atoms with Crippen molar-refractivity contribution in [3.05, 3.63) is 0 Å². The number of rotatable bonds is 9. The molecular weight excluding hydrogens is 246 g/mol. The van der Waals surface area contributed by atoms with Gasteiger partial charge in [-0.15, -0.1) is 0 Å². The van der Waals surface area contributed by atoms with Crippen LogP contribution in [0.15, 0.2) is 0 Å². The summed E-state index contributed by atoms with van der Waals surface area (Å²) in [6, 6.07) is -0.158. The fourth-order valence-electron chi connectivity index (χ4n) is 1.90. The van der Waals surface area contributed by atoms with Crippen LogP contribution in [0, 0.1) is 11.8 Å². The monoisotopic (exact) mass is 273 g/mol. The van der Waals surface area contributed by atoms with Gasteiger partial charge in [0.05, 0.1) is 0 Å². The van der Waals surface area contributed by atoms with Crippen LogP contribution in [0.3, 0.4) is 0 Å². The third-order valence-corrected chi connectivity index (χ3v) is 2.85. The number of nitrogens with zero attached hydrogens (tertiary/aromatic N) is 1. The molecule has 0 heterocycles. The van der Waals surface area contributed by atoms with E-state index in [4.69, 9.17) is 5.11 Å². The van der Waals surface area contributed by atoms with Crippen molar-refractivity contribution in [1.29, 1.82) is 0 Å². The molecule has 0 saturated carbocycles. The Kier molecular flexibility index (Phi) is 8.95. The first-order valence-electron chi connectivity index (χ1n) is 6.72. The lowest BCUT2D eigenvalue weighted by Gasteiger charge is -2.21. The van der Waals surface area contributed by atoms with Crippen LogP contribution in [-0.2, 0) is 4.79 Å². The first kappa shape index (κ1) is 17.7. The van der Waals surface area contributed by atoms with E-state index in [9.17, 15) is 9.59 Å². The Morgan fingerprint density at radius 1 is 1.32 bits per heavy atom. The van der Waals surface area contributed by atoms with Crippen LogP contribution in [0.2, 0.25) is 0 Å². The van der Waals surface area contributed by atoms with Crippen LogP contribution >= 0.6 is 0 Å². The quantitative estimate of drug-likeness (QED) is 0.585. The van der Waals surface area contributed by atoms with Gasteiger partial charge in [0.2, 0.25) is 0 Å². The highest BCUT2D eigenvalue weighted by molar-refractivity contribution is 5.74. The third kappa shape index (κ3) is 9.30. The molecule has 0 saturated heterocycles. The number of hydrogen-bond acceptors (Lipinski definition) is 3. The van der Waals surface area contributed by atoms with E-state index in [2.05, 4.69) is 24.5 Å². The fraction of sp³-hybridized carbons (Fsp3) is 0.846. The molecule has 1 atom stereocenters. The molecule has 6 nitrogen and oxygen atoms in total. The molecule has 1 unspecified atom stereocenters. The minimum absolute atomic E-state index is 0.0147. The molecule has 0 rings (SSSR count). The molecular formula is C13H27N3O3. The zero-order valence-corrected chi connectivity index (χ0v) is 12.4. The van der Waals surface area contributed by atoms with Gasteiger partial charge in [-0.3, -0.25) is 4.79 Å². The van der Waals surface area contributed by atoms with Crippen LogP contribution in [0.4, 0.5) is 4.79 Å². The smallest absolute Gasteiger partial charge is 0.317 e. The molecule has 6 heteroatoms. The Morgan fingerprint density at radius 3 is 2.42 bits per heavy atom. The summed E-state index contributed by atoms with van der Waals surface area (Å²) in [7, 11) is 3.55. The molecule has 0 aromatic carbocycles. The molecule has 0 spiro atoms. The summed E-state index contributed by atoms with van der Waals surface area (Å²) >= 11 is 0. The molecule has 0 bridgehead atoms. The van der Waals surface area contributed by atoms with Crippen molar-refractivity contribution in [2.45, 2.75) is 26.7 Å². The molecule has 112 valence electrons. The summed E-state index contributed by atoms with van der Waals surface area (Å²) in [5.41, 5.74) is 0. The fourth-order valence-corrected chi connectivity index (χ4v) is 1.90. The number of hydrogen-bond donors (Lipinski definition) is 3. The van der Waals surface area contributed by atoms with E-state index in [1.807, 2.05) is 7.05 Å². The van der Waals surface area contributed by atoms with Crippen LogP contribution < -0.4 is 10.6 Å². The largest absolute Gasteiger partial charge is 0.481 e. The Balaban J connectivity index is 4.14. The molecule has 0 aromatic heterocycles. The predicted octanol–water partition coefficient (Wildman–Crippen LogP) is 0.984. The van der Waals surface area contributed by atoms with Crippen LogP contribution in [0.5, 0.6) is 0 Å². The number of aliphatic carboxylic acids is 1. The van der Waals surface area contributed by atoms with Gasteiger partial charge in [0, 0.05) is 33.1 Å². The maximum Gasteiger partial charge on any atom is 0.317 e. The molecule has 0 aliphatic heterocycles. The van der Waals surface area contributed by atoms with Gasteiger partial charge in [0.25, 0.3) is 0 Å². The van der Waals surface area contributed by atoms with Crippen molar-refractivity contribution in [2.24, 2.45) is 11.8 Å². The number of carboxylic acids is 1. The number of amides is 2. The van der Waals surface area contributed by atoms with E-state index in [1.165, 1.54) is 0 Å². The maximum atomic E-state index is 11.8. The summed E-state index contributed by atoms with van der Waals surface area (Å²) in [4.78, 5) is 24.1. The molecule has 0 fully saturated rings. The topological polar surface area (TPSA) is 81.7 Å². The molecule has 0 aliphatic carbocycles. The minimum atomic E-state index is -0.816. The summed E-state index contributed by atoms with van der Waals surface area (Å²) in [5, 5.41) is 14.6. The Hall–Kier alpha value is -1.30. The van der Waals surface area contributed by atoms with Crippen molar-refractivity contribution in [3.8, 4) is 0 Å². The van der Waals surface area contributed by atoms with Gasteiger partial charge in [-0.2, -0.15) is 0 Å². The van der Waals surface area contributed by atoms with Crippen molar-refractivity contribution in [3.63, 3.8) is 0 Å². The highest BCUT2D eigenvalue weighted by Crippen LogP contribution is 2.14. The van der Waals surface area contributed by atoms with Crippen LogP contribution in [-0.4, -0.2) is 55.7 Å². The lowest BCUT2D eigenvalue weighted by Crippen LogP contribution is -2.42. The van der Waals surface area contributed by atoms with E-state index in [0.29, 0.717) is 19.0 Å². The zero-order valence-electron chi connectivity index (χ0n) is 12.4. The minimum Gasteiger partial charge on any atom is -0.481 e. The SMILES string of the molecule is CNCCN(C)C(=O)NCC(CC(=O)O)CC(C)C. The third-order valence-electron chi connectivity index (χ3n) is 2.85. The van der Waals surface area contributed by atoms with E-state index in [0.717, 1.165) is 13.0 Å². The normalized spacial score (nSPS) is 12.3. The predicted molar refractivity (Wildman–Crippen MR) is 75.2 cm³/mol. The first-order chi connectivity index (χ1) is 8.86. The molecule has 0 radical (unpaired) electrons. The Bertz CT molecular complexity index is 282. The first-order valence-corrected chi connectivity index (χ1v) is 6.72. The molecule has 19 heavy (non-hydrogen) atoms. The van der Waals surface area contributed by atoms with Crippen molar-refractivity contribution in [1.82, 2.24) is 15.5 Å². The van der Waals surface area contributed by atoms with Crippen LogP contribution in [0.25, 0.3) is 0 Å². The van der Waals surface area contributed by atoms with Gasteiger partial charge in [0.1, 0.15) is 0 Å². The van der Waals surface area contributed by atoms with Gasteiger partial charge >= 0.3 is 12.0 Å². The maximum absolute atomic E-state index is 11.8. The van der Waals surface area contributed by atoms with E-state index < -0.39 is 5.97 Å². The Morgan fingerprint density at radius 2 is 1.95 bits per heavy atom. The summed E-state index contributed by atoms with van der Waals surface area (Å²) in [5.74, 6) is -0.411. The molecule has 0 aliphatic rings. The van der Waals surface area contributed by atoms with E-state index in [1.54, 1.807) is 11.9 Å². The number of carbonyl (C=O) groups excluding carboxylic acids is 1. The highest BCUT2D eigenvalue weighted by Gasteiger charge is 2.17. The second kappa shape index (κ2) is 9.61. The van der Waals surface area contributed by atoms with Gasteiger partial charge in [-0.05, 0) is 25.3 Å². The van der Waals surface area contributed by atoms with Gasteiger partial charge < -0.3 is 20.6 Å². The van der Waals surface area contributed by atoms with Crippen LogP contribution in [0.1, 0.15) is 26.7 Å². The second-order valence-corrected chi connectivity index (χ2v) is 5.30. The molecule has 3 N–H and O–H groups in total. The molecule has 2 amide bonds. The highest BCUT2D eigenvalue weighted by atomic mass is 16.4. The zero-order chi connectivity index (χ0) is 14.8. The van der Waals surface area contributed by atoms with E-state index in [-0.39, 0.29) is 18.4 Å². The van der Waals surface area contributed by atoms with Gasteiger partial charge in [-0.25, -0.2) is 4.79 Å². The summed E-state index contributed by atoms with van der Waals surface area (Å²) in [6.07, 6.45) is 0.894.